The zero-order chi connectivity index (χ0) is 32.4. The molecule has 21 heteroatoms. The van der Waals surface area contributed by atoms with E-state index in [9.17, 15) is 49.2 Å². The number of nitrogen functional groups attached to an aromatic ring is 1. The number of thiazole rings is 1. The molecule has 45 heavy (non-hydrogen) atoms. The number of nitrogens with zero attached hydrogens (tertiary/aromatic N) is 5. The van der Waals surface area contributed by atoms with Crippen LogP contribution in [0.2, 0.25) is 0 Å². The number of nitrogens with one attached hydrogen (secondary N) is 1. The second kappa shape index (κ2) is 10.3. The molecule has 7 N–H and O–H groups in total. The number of amides is 2. The third-order valence-electron chi connectivity index (χ3n) is 7.52. The molecule has 2 saturated heterocycles. The number of anilines is 1. The van der Waals surface area contributed by atoms with E-state index >= 15 is 0 Å². The number of cyclic esters (lactones) is 1. The SMILES string of the molecule is Nc1nc(/C(=N/OC2(C(=O)O)CC2)C(=O)N[C@H]2CON(C3(C(=O)O)CC([N+]4=C(O)n5cc(O)c(=O)cc5C4)C(=O)O3)C2=O)cs1. The molecule has 2 aromatic rings. The van der Waals surface area contributed by atoms with E-state index in [2.05, 4.69) is 15.5 Å². The lowest BCUT2D eigenvalue weighted by atomic mass is 10.1. The van der Waals surface area contributed by atoms with Crippen LogP contribution in [0.5, 0.6) is 5.75 Å². The first-order valence-electron chi connectivity index (χ1n) is 13.0. The number of aliphatic hydroxyl groups is 1. The molecule has 0 bridgehead atoms. The fourth-order valence-electron chi connectivity index (χ4n) is 4.94. The number of oxime groups is 1. The molecule has 3 aliphatic heterocycles. The number of hydrogen-bond acceptors (Lipinski definition) is 14. The molecule has 6 rings (SSSR count). The number of hydrogen-bond donors (Lipinski definition) is 6. The Labute approximate surface area is 253 Å². The van der Waals surface area contributed by atoms with Gasteiger partial charge in [0.15, 0.2) is 23.1 Å². The highest BCUT2D eigenvalue weighted by Crippen LogP contribution is 2.40. The molecule has 0 radical (unpaired) electrons. The molecule has 0 aromatic carbocycles. The van der Waals surface area contributed by atoms with Gasteiger partial charge in [-0.15, -0.1) is 11.3 Å². The lowest BCUT2D eigenvalue weighted by Crippen LogP contribution is -2.57. The fourth-order valence-corrected chi connectivity index (χ4v) is 5.48. The van der Waals surface area contributed by atoms with Crippen molar-refractivity contribution in [1.82, 2.24) is 19.9 Å². The number of carboxylic acid groups (broad SMARTS) is 2. The standard InChI is InChI=1S/C24H21N7O13S/c25-21-27-11(8-45-21)15(28-44-23(1-2-23)19(37)38)16(34)26-10-7-42-31(17(10)35)24(20(39)40)4-12(18(36)43-24)30-5-9-3-13(32)14(33)6-29(9)22(30)41/h3,6,8,10,12H,1-2,4-5,7H2,(H6,25,26,27,33,34,37,38,39,40)/p+1/b28-15-/t10-,12?,24?/m0/s1. The van der Waals surface area contributed by atoms with Crippen molar-refractivity contribution in [2.75, 3.05) is 12.3 Å². The quantitative estimate of drug-likeness (QED) is 0.0697. The van der Waals surface area contributed by atoms with Crippen LogP contribution in [0.1, 0.15) is 30.7 Å². The molecule has 4 aliphatic rings. The maximum Gasteiger partial charge on any atom is 0.455 e. The van der Waals surface area contributed by atoms with Crippen LogP contribution in [0.25, 0.3) is 0 Å². The average Bonchev–Trinajstić information content (AvgIpc) is 3.15. The highest BCUT2D eigenvalue weighted by atomic mass is 32.1. The summed E-state index contributed by atoms with van der Waals surface area (Å²) < 4.78 is 7.23. The Morgan fingerprint density at radius 3 is 2.56 bits per heavy atom. The summed E-state index contributed by atoms with van der Waals surface area (Å²) in [7, 11) is 0. The summed E-state index contributed by atoms with van der Waals surface area (Å²) in [5, 5.41) is 47.6. The first-order chi connectivity index (χ1) is 21.3. The number of hydroxylamine groups is 2. The van der Waals surface area contributed by atoms with E-state index in [1.165, 1.54) is 5.38 Å². The van der Waals surface area contributed by atoms with Crippen LogP contribution in [-0.2, 0) is 44.9 Å². The predicted octanol–water partition coefficient (Wildman–Crippen LogP) is -2.73. The normalized spacial score (nSPS) is 25.2. The highest BCUT2D eigenvalue weighted by molar-refractivity contribution is 7.13. The molecule has 0 spiro atoms. The Morgan fingerprint density at radius 1 is 1.20 bits per heavy atom. The van der Waals surface area contributed by atoms with Crippen LogP contribution in [-0.4, -0.2) is 111 Å². The predicted molar refractivity (Wildman–Crippen MR) is 143 cm³/mol. The maximum atomic E-state index is 13.4. The molecule has 5 heterocycles. The summed E-state index contributed by atoms with van der Waals surface area (Å²) in [6.07, 6.45) is 0.451. The van der Waals surface area contributed by atoms with Gasteiger partial charge in [0.1, 0.15) is 24.5 Å². The summed E-state index contributed by atoms with van der Waals surface area (Å²) in [5.41, 5.74) is 0.113. The Bertz CT molecular complexity index is 1810. The summed E-state index contributed by atoms with van der Waals surface area (Å²) in [4.78, 5) is 89.8. The minimum atomic E-state index is -2.73. The van der Waals surface area contributed by atoms with Crippen molar-refractivity contribution >= 4 is 57.9 Å². The van der Waals surface area contributed by atoms with Gasteiger partial charge in [-0.1, -0.05) is 5.16 Å². The number of ether oxygens (including phenoxy) is 1. The highest BCUT2D eigenvalue weighted by Gasteiger charge is 2.65. The number of aromatic nitrogens is 2. The summed E-state index contributed by atoms with van der Waals surface area (Å²) in [6, 6.07) is -2.62. The second-order valence-corrected chi connectivity index (χ2v) is 11.3. The Kier molecular flexibility index (Phi) is 6.73. The molecule has 2 unspecified atom stereocenters. The van der Waals surface area contributed by atoms with Gasteiger partial charge < -0.3 is 41.1 Å². The molecule has 236 valence electrons. The first kappa shape index (κ1) is 29.5. The largest absolute Gasteiger partial charge is 0.502 e. The van der Waals surface area contributed by atoms with Crippen molar-refractivity contribution in [3.63, 3.8) is 0 Å². The van der Waals surface area contributed by atoms with Crippen molar-refractivity contribution < 1.29 is 63.4 Å². The monoisotopic (exact) mass is 648 g/mol. The Morgan fingerprint density at radius 2 is 1.93 bits per heavy atom. The van der Waals surface area contributed by atoms with Crippen LogP contribution in [0.3, 0.4) is 0 Å². The number of nitrogens with two attached hydrogens (primary N) is 1. The number of aromatic hydroxyl groups is 1. The number of pyridine rings is 1. The number of carbonyl (C=O) groups is 5. The number of fused-ring (bicyclic) bond motifs is 1. The maximum absolute atomic E-state index is 13.4. The van der Waals surface area contributed by atoms with E-state index < -0.39 is 89.1 Å². The Hall–Kier alpha value is -5.57. The third kappa shape index (κ3) is 4.77. The number of esters is 1. The average molecular weight is 649 g/mol. The lowest BCUT2D eigenvalue weighted by molar-refractivity contribution is -0.570. The molecule has 3 fully saturated rings. The van der Waals surface area contributed by atoms with E-state index in [1.807, 2.05) is 0 Å². The summed E-state index contributed by atoms with van der Waals surface area (Å²) in [5.74, 6) is -7.14. The van der Waals surface area contributed by atoms with Gasteiger partial charge in [0, 0.05) is 24.3 Å². The molecule has 2 amide bonds. The number of carboxylic acids is 2. The van der Waals surface area contributed by atoms with Crippen LogP contribution in [0.4, 0.5) is 5.13 Å². The topological polar surface area (TPSA) is 286 Å². The van der Waals surface area contributed by atoms with Crippen molar-refractivity contribution in [2.24, 2.45) is 5.16 Å². The Balaban J connectivity index is 1.22. The van der Waals surface area contributed by atoms with Gasteiger partial charge in [-0.3, -0.25) is 19.2 Å². The van der Waals surface area contributed by atoms with Crippen molar-refractivity contribution in [3.05, 3.63) is 39.3 Å². The molecule has 3 atom stereocenters. The number of rotatable bonds is 9. The smallest absolute Gasteiger partial charge is 0.455 e. The third-order valence-corrected chi connectivity index (χ3v) is 8.20. The first-order valence-corrected chi connectivity index (χ1v) is 13.9. The number of carbonyl (C=O) groups excluding carboxylic acids is 3. The van der Waals surface area contributed by atoms with Crippen LogP contribution >= 0.6 is 11.3 Å². The van der Waals surface area contributed by atoms with Gasteiger partial charge >= 0.3 is 29.7 Å². The van der Waals surface area contributed by atoms with Crippen LogP contribution in [0, 0.1) is 0 Å². The molecule has 20 nitrogen and oxygen atoms in total. The van der Waals surface area contributed by atoms with E-state index in [1.54, 1.807) is 0 Å². The van der Waals surface area contributed by atoms with Gasteiger partial charge in [-0.2, -0.15) is 9.63 Å². The van der Waals surface area contributed by atoms with E-state index in [4.69, 9.17) is 20.1 Å². The zero-order valence-electron chi connectivity index (χ0n) is 22.6. The second-order valence-electron chi connectivity index (χ2n) is 10.4. The summed E-state index contributed by atoms with van der Waals surface area (Å²) in [6.45, 7) is -0.860. The number of aliphatic carboxylic acids is 2. The zero-order valence-corrected chi connectivity index (χ0v) is 23.4. The van der Waals surface area contributed by atoms with Gasteiger partial charge in [0.05, 0.1) is 6.42 Å². The lowest BCUT2D eigenvalue weighted by Gasteiger charge is -2.30. The van der Waals surface area contributed by atoms with Gasteiger partial charge in [-0.25, -0.2) is 23.9 Å². The van der Waals surface area contributed by atoms with E-state index in [0.29, 0.717) is 5.06 Å². The minimum Gasteiger partial charge on any atom is -0.502 e. The summed E-state index contributed by atoms with van der Waals surface area (Å²) >= 11 is 0.944. The minimum absolute atomic E-state index is 0.0466. The van der Waals surface area contributed by atoms with Gasteiger partial charge in [-0.05, 0) is 0 Å². The van der Waals surface area contributed by atoms with E-state index in [-0.39, 0.29) is 35.9 Å². The van der Waals surface area contributed by atoms with E-state index in [0.717, 1.165) is 32.7 Å². The molecule has 1 aliphatic carbocycles. The van der Waals surface area contributed by atoms with Gasteiger partial charge in [0.2, 0.25) is 22.8 Å². The van der Waals surface area contributed by atoms with Gasteiger partial charge in [0.25, 0.3) is 11.8 Å². The molecular weight excluding hydrogens is 626 g/mol. The van der Waals surface area contributed by atoms with Crippen LogP contribution in [0.15, 0.2) is 27.6 Å². The van der Waals surface area contributed by atoms with Crippen LogP contribution < -0.4 is 16.5 Å². The number of aliphatic hydroxyl groups excluding tert-OH is 1. The molecular formula is C24H22N7O13S+. The van der Waals surface area contributed by atoms with Crippen molar-refractivity contribution in [2.45, 2.75) is 49.2 Å². The fraction of sp³-hybridized carbons (Fsp3) is 0.375. The van der Waals surface area contributed by atoms with Crippen molar-refractivity contribution in [3.8, 4) is 5.75 Å². The molecule has 2 aromatic heterocycles. The van der Waals surface area contributed by atoms with Crippen molar-refractivity contribution in [1.29, 1.82) is 0 Å². The molecule has 1 saturated carbocycles.